The van der Waals surface area contributed by atoms with Gasteiger partial charge in [0.05, 0.1) is 5.02 Å². The highest BCUT2D eigenvalue weighted by Crippen LogP contribution is 2.28. The first-order valence-electron chi connectivity index (χ1n) is 6.61. The number of rotatable bonds is 5. The number of Topliss-reactive ketones (excluding diaryl/α,β-unsaturated/α-hetero) is 1. The Balaban J connectivity index is 2.11. The van der Waals surface area contributed by atoms with E-state index in [-0.39, 0.29) is 12.4 Å². The summed E-state index contributed by atoms with van der Waals surface area (Å²) in [6.45, 7) is 3.22. The number of carbonyl (C=O) groups excluding carboxylic acids is 1. The van der Waals surface area contributed by atoms with Crippen LogP contribution in [0.4, 0.5) is 0 Å². The first-order valence-corrected chi connectivity index (χ1v) is 6.99. The predicted molar refractivity (Wildman–Crippen MR) is 83.0 cm³/mol. The van der Waals surface area contributed by atoms with Crippen molar-refractivity contribution >= 4 is 17.4 Å². The quantitative estimate of drug-likeness (QED) is 0.854. The summed E-state index contributed by atoms with van der Waals surface area (Å²) in [6, 6.07) is 14.1. The van der Waals surface area contributed by atoms with Crippen LogP contribution in [-0.2, 0) is 5.60 Å². The summed E-state index contributed by atoms with van der Waals surface area (Å²) in [5.41, 5.74) is 0.174. The van der Waals surface area contributed by atoms with Gasteiger partial charge in [-0.1, -0.05) is 41.9 Å². The van der Waals surface area contributed by atoms with E-state index >= 15 is 0 Å². The molecule has 1 N–H and O–H groups in total. The Morgan fingerprint density at radius 2 is 1.90 bits per heavy atom. The van der Waals surface area contributed by atoms with Gasteiger partial charge < -0.3 is 9.84 Å². The van der Waals surface area contributed by atoms with Gasteiger partial charge in [0.15, 0.2) is 5.78 Å². The van der Waals surface area contributed by atoms with E-state index in [2.05, 4.69) is 0 Å². The van der Waals surface area contributed by atoms with Gasteiger partial charge in [0.1, 0.15) is 18.0 Å². The second kappa shape index (κ2) is 6.29. The number of hydrogen-bond acceptors (Lipinski definition) is 3. The molecule has 0 aliphatic carbocycles. The summed E-state index contributed by atoms with van der Waals surface area (Å²) in [6.07, 6.45) is 0. The predicted octanol–water partition coefficient (Wildman–Crippen LogP) is 3.83. The molecule has 2 aromatic carbocycles. The summed E-state index contributed by atoms with van der Waals surface area (Å²) >= 11 is 6.09. The van der Waals surface area contributed by atoms with E-state index in [1.165, 1.54) is 6.92 Å². The van der Waals surface area contributed by atoms with Crippen molar-refractivity contribution in [3.63, 3.8) is 0 Å². The fourth-order valence-corrected chi connectivity index (χ4v) is 2.17. The normalized spacial score (nSPS) is 13.5. The topological polar surface area (TPSA) is 46.5 Å². The lowest BCUT2D eigenvalue weighted by Gasteiger charge is -2.24. The molecular formula is C17H17ClO3. The second-order valence-corrected chi connectivity index (χ2v) is 5.54. The van der Waals surface area contributed by atoms with Crippen molar-refractivity contribution in [2.24, 2.45) is 0 Å². The average molecular weight is 305 g/mol. The molecule has 0 heterocycles. The molecule has 0 radical (unpaired) electrons. The van der Waals surface area contributed by atoms with Gasteiger partial charge >= 0.3 is 0 Å². The molecule has 1 unspecified atom stereocenters. The standard InChI is InChI=1S/C17H17ClO3/c1-12(19)13-8-9-16(15(18)10-13)21-11-17(2,20)14-6-4-3-5-7-14/h3-10,20H,11H2,1-2H3. The molecule has 0 aromatic heterocycles. The molecule has 2 rings (SSSR count). The van der Waals surface area contributed by atoms with Crippen LogP contribution >= 0.6 is 11.6 Å². The van der Waals surface area contributed by atoms with Gasteiger partial charge in [-0.3, -0.25) is 4.79 Å². The highest BCUT2D eigenvalue weighted by molar-refractivity contribution is 6.32. The van der Waals surface area contributed by atoms with E-state index in [0.29, 0.717) is 16.3 Å². The number of halogens is 1. The van der Waals surface area contributed by atoms with Crippen LogP contribution in [0, 0.1) is 0 Å². The third kappa shape index (κ3) is 3.84. The summed E-state index contributed by atoms with van der Waals surface area (Å²) in [5, 5.41) is 10.8. The SMILES string of the molecule is CC(=O)c1ccc(OCC(C)(O)c2ccccc2)c(Cl)c1. The molecule has 4 heteroatoms. The minimum Gasteiger partial charge on any atom is -0.489 e. The van der Waals surface area contributed by atoms with Gasteiger partial charge in [-0.2, -0.15) is 0 Å². The molecule has 0 bridgehead atoms. The Bertz CT molecular complexity index is 636. The van der Waals surface area contributed by atoms with Gasteiger partial charge in [0.25, 0.3) is 0 Å². The van der Waals surface area contributed by atoms with Crippen LogP contribution in [-0.4, -0.2) is 17.5 Å². The molecule has 2 aromatic rings. The van der Waals surface area contributed by atoms with Gasteiger partial charge in [-0.25, -0.2) is 0 Å². The number of carbonyl (C=O) groups is 1. The summed E-state index contributed by atoms with van der Waals surface area (Å²) in [4.78, 5) is 11.3. The lowest BCUT2D eigenvalue weighted by atomic mass is 9.97. The van der Waals surface area contributed by atoms with Crippen LogP contribution in [0.3, 0.4) is 0 Å². The molecule has 0 saturated heterocycles. The van der Waals surface area contributed by atoms with Crippen LogP contribution in [0.5, 0.6) is 5.75 Å². The van der Waals surface area contributed by atoms with Crippen LogP contribution in [0.15, 0.2) is 48.5 Å². The number of aliphatic hydroxyl groups is 1. The molecule has 110 valence electrons. The zero-order valence-corrected chi connectivity index (χ0v) is 12.7. The third-order valence-corrected chi connectivity index (χ3v) is 3.54. The Morgan fingerprint density at radius 3 is 2.48 bits per heavy atom. The lowest BCUT2D eigenvalue weighted by molar-refractivity contribution is 0.00763. The largest absolute Gasteiger partial charge is 0.489 e. The zero-order chi connectivity index (χ0) is 15.5. The minimum atomic E-state index is -1.12. The monoisotopic (exact) mass is 304 g/mol. The lowest BCUT2D eigenvalue weighted by Crippen LogP contribution is -2.29. The molecule has 0 amide bonds. The highest BCUT2D eigenvalue weighted by atomic mass is 35.5. The van der Waals surface area contributed by atoms with E-state index in [1.807, 2.05) is 30.3 Å². The van der Waals surface area contributed by atoms with Gasteiger partial charge in [-0.05, 0) is 37.6 Å². The number of ketones is 1. The van der Waals surface area contributed by atoms with Crippen LogP contribution in [0.1, 0.15) is 29.8 Å². The van der Waals surface area contributed by atoms with Crippen molar-refractivity contribution in [1.82, 2.24) is 0 Å². The summed E-state index contributed by atoms with van der Waals surface area (Å²) in [7, 11) is 0. The average Bonchev–Trinajstić information content (AvgIpc) is 2.46. The van der Waals surface area contributed by atoms with Crippen molar-refractivity contribution in [3.8, 4) is 5.75 Å². The smallest absolute Gasteiger partial charge is 0.159 e. The highest BCUT2D eigenvalue weighted by Gasteiger charge is 2.24. The molecule has 21 heavy (non-hydrogen) atoms. The van der Waals surface area contributed by atoms with Crippen molar-refractivity contribution < 1.29 is 14.6 Å². The second-order valence-electron chi connectivity index (χ2n) is 5.13. The molecule has 3 nitrogen and oxygen atoms in total. The van der Waals surface area contributed by atoms with E-state index < -0.39 is 5.60 Å². The maximum Gasteiger partial charge on any atom is 0.159 e. The molecular weight excluding hydrogens is 288 g/mol. The van der Waals surface area contributed by atoms with Crippen molar-refractivity contribution in [3.05, 3.63) is 64.7 Å². The van der Waals surface area contributed by atoms with Crippen LogP contribution in [0.25, 0.3) is 0 Å². The number of ether oxygens (including phenoxy) is 1. The summed E-state index contributed by atoms with van der Waals surface area (Å²) < 4.78 is 5.60. The first-order chi connectivity index (χ1) is 9.90. The molecule has 1 atom stereocenters. The Morgan fingerprint density at radius 1 is 1.24 bits per heavy atom. The fraction of sp³-hybridized carbons (Fsp3) is 0.235. The minimum absolute atomic E-state index is 0.0558. The van der Waals surface area contributed by atoms with Crippen molar-refractivity contribution in [2.45, 2.75) is 19.4 Å². The van der Waals surface area contributed by atoms with E-state index in [9.17, 15) is 9.90 Å². The third-order valence-electron chi connectivity index (χ3n) is 3.24. The summed E-state index contributed by atoms with van der Waals surface area (Å²) in [5.74, 6) is 0.387. The molecule has 0 spiro atoms. The Labute approximate surface area is 129 Å². The van der Waals surface area contributed by atoms with Crippen molar-refractivity contribution in [2.75, 3.05) is 6.61 Å². The Hall–Kier alpha value is -1.84. The fourth-order valence-electron chi connectivity index (χ4n) is 1.94. The van der Waals surface area contributed by atoms with Crippen LogP contribution < -0.4 is 4.74 Å². The number of benzene rings is 2. The van der Waals surface area contributed by atoms with Gasteiger partial charge in [0, 0.05) is 5.56 Å². The van der Waals surface area contributed by atoms with E-state index in [1.54, 1.807) is 25.1 Å². The first kappa shape index (κ1) is 15.5. The van der Waals surface area contributed by atoms with E-state index in [0.717, 1.165) is 5.56 Å². The molecule has 0 aliphatic heterocycles. The maximum absolute atomic E-state index is 11.3. The number of hydrogen-bond donors (Lipinski definition) is 1. The van der Waals surface area contributed by atoms with E-state index in [4.69, 9.17) is 16.3 Å². The zero-order valence-electron chi connectivity index (χ0n) is 12.0. The van der Waals surface area contributed by atoms with Gasteiger partial charge in [-0.15, -0.1) is 0 Å². The molecule has 0 aliphatic rings. The Kier molecular flexibility index (Phi) is 4.66. The molecule has 0 saturated carbocycles. The van der Waals surface area contributed by atoms with Crippen LogP contribution in [0.2, 0.25) is 5.02 Å². The van der Waals surface area contributed by atoms with Crippen molar-refractivity contribution in [1.29, 1.82) is 0 Å². The van der Waals surface area contributed by atoms with Gasteiger partial charge in [0.2, 0.25) is 0 Å². The maximum atomic E-state index is 11.3. The molecule has 0 fully saturated rings.